The van der Waals surface area contributed by atoms with Crippen LogP contribution in [0.5, 0.6) is 0 Å². The van der Waals surface area contributed by atoms with Crippen LogP contribution in [0.3, 0.4) is 0 Å². The van der Waals surface area contributed by atoms with E-state index in [0.717, 1.165) is 3.97 Å². The highest BCUT2D eigenvalue weighted by atomic mass is 35.5. The van der Waals surface area contributed by atoms with Crippen LogP contribution >= 0.6 is 23.2 Å². The molecule has 0 saturated carbocycles. The van der Waals surface area contributed by atoms with Gasteiger partial charge in [0, 0.05) is 41.3 Å². The van der Waals surface area contributed by atoms with Crippen molar-refractivity contribution < 1.29 is 31.1 Å². The molecule has 0 bridgehead atoms. The smallest absolute Gasteiger partial charge is 0.378 e. The van der Waals surface area contributed by atoms with Crippen LogP contribution in [0.15, 0.2) is 59.5 Å². The summed E-state index contributed by atoms with van der Waals surface area (Å²) in [6, 6.07) is 12.5. The third-order valence-electron chi connectivity index (χ3n) is 6.66. The van der Waals surface area contributed by atoms with Crippen LogP contribution < -0.4 is 0 Å². The zero-order chi connectivity index (χ0) is 28.8. The summed E-state index contributed by atoms with van der Waals surface area (Å²) < 4.78 is 74.9. The lowest BCUT2D eigenvalue weighted by atomic mass is 10.0. The van der Waals surface area contributed by atoms with Gasteiger partial charge in [0.15, 0.2) is 0 Å². The number of hydrogen-bond donors (Lipinski definition) is 0. The van der Waals surface area contributed by atoms with Gasteiger partial charge in [0.1, 0.15) is 5.69 Å². The predicted octanol–water partition coefficient (Wildman–Crippen LogP) is 5.97. The van der Waals surface area contributed by atoms with Gasteiger partial charge in [-0.3, -0.25) is 4.79 Å². The number of hydrogen-bond acceptors (Lipinski definition) is 5. The van der Waals surface area contributed by atoms with Gasteiger partial charge in [-0.15, -0.1) is 0 Å². The van der Waals surface area contributed by atoms with Crippen LogP contribution in [-0.2, 0) is 27.4 Å². The Morgan fingerprint density at radius 1 is 1.05 bits per heavy atom. The number of carbonyl (C=O) groups excluding carboxylic acids is 1. The van der Waals surface area contributed by atoms with Crippen LogP contribution in [0.25, 0.3) is 10.9 Å². The molecule has 2 aromatic heterocycles. The molecule has 0 spiro atoms. The highest BCUT2D eigenvalue weighted by Gasteiger charge is 2.35. The molecule has 0 unspecified atom stereocenters. The molecular weight excluding hydrogens is 590 g/mol. The van der Waals surface area contributed by atoms with Crippen molar-refractivity contribution in [3.63, 3.8) is 0 Å². The lowest BCUT2D eigenvalue weighted by molar-refractivity contribution is -0.141. The van der Waals surface area contributed by atoms with Crippen molar-refractivity contribution >= 4 is 50.0 Å². The summed E-state index contributed by atoms with van der Waals surface area (Å²) in [4.78, 5) is 18.3. The van der Waals surface area contributed by atoms with Crippen molar-refractivity contribution in [2.45, 2.75) is 24.4 Å². The van der Waals surface area contributed by atoms with Crippen molar-refractivity contribution in [1.29, 1.82) is 0 Å². The number of aromatic nitrogens is 2. The molecule has 7 nitrogen and oxygen atoms in total. The van der Waals surface area contributed by atoms with Crippen molar-refractivity contribution in [3.05, 3.63) is 92.9 Å². The average Bonchev–Trinajstić information content (AvgIpc) is 3.31. The van der Waals surface area contributed by atoms with Gasteiger partial charge in [-0.2, -0.15) is 13.2 Å². The van der Waals surface area contributed by atoms with Gasteiger partial charge in [0.2, 0.25) is 0 Å². The molecule has 0 aliphatic carbocycles. The summed E-state index contributed by atoms with van der Waals surface area (Å²) in [7, 11) is -4.37. The molecule has 2 aromatic carbocycles. The number of benzene rings is 2. The molecule has 0 atom stereocenters. The Morgan fingerprint density at radius 3 is 2.38 bits per heavy atom. The van der Waals surface area contributed by atoms with E-state index in [4.69, 9.17) is 27.9 Å². The molecular formula is C27H22Cl2F3N3O4S. The largest absolute Gasteiger partial charge is 0.433 e. The normalized spacial score (nSPS) is 14.6. The van der Waals surface area contributed by atoms with Crippen molar-refractivity contribution in [3.8, 4) is 0 Å². The molecule has 3 heterocycles. The van der Waals surface area contributed by atoms with E-state index in [-0.39, 0.29) is 60.7 Å². The van der Waals surface area contributed by atoms with Crippen LogP contribution in [0, 0.1) is 6.92 Å². The van der Waals surface area contributed by atoms with Gasteiger partial charge in [-0.25, -0.2) is 17.4 Å². The van der Waals surface area contributed by atoms with E-state index in [1.54, 1.807) is 11.0 Å². The minimum absolute atomic E-state index is 0.00141. The lowest BCUT2D eigenvalue weighted by Crippen LogP contribution is -2.40. The summed E-state index contributed by atoms with van der Waals surface area (Å²) in [5.41, 5.74) is -0.873. The Morgan fingerprint density at radius 2 is 1.73 bits per heavy atom. The van der Waals surface area contributed by atoms with E-state index in [9.17, 15) is 26.4 Å². The fourth-order valence-electron chi connectivity index (χ4n) is 4.68. The minimum atomic E-state index is -4.80. The number of morpholine rings is 1. The standard InChI is InChI=1S/C27H22Cl2F3N3O4S/c1-16-20-13-17(14-21-22(28)8-7-19(25(21)29)26(36)34-9-11-39-12-10-34)35(23(20)15-24(33-16)27(30,31)32)40(37,38)18-5-3-2-4-6-18/h2-8,13,15H,9-12,14H2,1H3. The Kier molecular flexibility index (Phi) is 7.60. The second-order valence-corrected chi connectivity index (χ2v) is 11.8. The minimum Gasteiger partial charge on any atom is -0.378 e. The molecule has 1 aliphatic rings. The van der Waals surface area contributed by atoms with Crippen molar-refractivity contribution in [2.75, 3.05) is 26.3 Å². The molecule has 1 amide bonds. The number of aryl methyl sites for hydroxylation is 1. The Hall–Kier alpha value is -3.12. The van der Waals surface area contributed by atoms with Gasteiger partial charge < -0.3 is 9.64 Å². The molecule has 5 rings (SSSR count). The number of alkyl halides is 3. The second-order valence-electron chi connectivity index (χ2n) is 9.21. The first-order valence-corrected chi connectivity index (χ1v) is 14.3. The summed E-state index contributed by atoms with van der Waals surface area (Å²) in [6.45, 7) is 2.90. The fraction of sp³-hybridized carbons (Fsp3) is 0.259. The molecule has 1 fully saturated rings. The van der Waals surface area contributed by atoms with Crippen molar-refractivity contribution in [1.82, 2.24) is 13.9 Å². The number of rotatable bonds is 5. The lowest BCUT2D eigenvalue weighted by Gasteiger charge is -2.27. The first kappa shape index (κ1) is 28.4. The van der Waals surface area contributed by atoms with Gasteiger partial charge in [-0.1, -0.05) is 41.4 Å². The van der Waals surface area contributed by atoms with E-state index in [2.05, 4.69) is 4.98 Å². The average molecular weight is 612 g/mol. The molecule has 40 heavy (non-hydrogen) atoms. The quantitative estimate of drug-likeness (QED) is 0.278. The number of nitrogens with zero attached hydrogens (tertiary/aromatic N) is 3. The zero-order valence-electron chi connectivity index (χ0n) is 21.0. The van der Waals surface area contributed by atoms with Crippen molar-refractivity contribution in [2.24, 2.45) is 0 Å². The SMILES string of the molecule is Cc1nc(C(F)(F)F)cc2c1cc(Cc1c(Cl)ccc(C(=O)N3CCOCC3)c1Cl)n2S(=O)(=O)c1ccccc1. The number of carbonyl (C=O) groups is 1. The van der Waals surface area contributed by atoms with Crippen LogP contribution in [0.4, 0.5) is 13.2 Å². The number of amides is 1. The molecule has 4 aromatic rings. The van der Waals surface area contributed by atoms with E-state index in [1.807, 2.05) is 0 Å². The Bertz CT molecular complexity index is 1720. The topological polar surface area (TPSA) is 81.5 Å². The summed E-state index contributed by atoms with van der Waals surface area (Å²) >= 11 is 13.2. The molecule has 13 heteroatoms. The number of ether oxygens (including phenoxy) is 1. The number of halogens is 5. The first-order valence-electron chi connectivity index (χ1n) is 12.1. The number of pyridine rings is 1. The van der Waals surface area contributed by atoms with Gasteiger partial charge >= 0.3 is 6.18 Å². The first-order chi connectivity index (χ1) is 18.9. The maximum absolute atomic E-state index is 13.9. The van der Waals surface area contributed by atoms with Crippen LogP contribution in [-0.4, -0.2) is 54.5 Å². The number of fused-ring (bicyclic) bond motifs is 1. The third-order valence-corrected chi connectivity index (χ3v) is 9.23. The summed E-state index contributed by atoms with van der Waals surface area (Å²) in [5, 5.41) is 0.419. The molecule has 0 radical (unpaired) electrons. The van der Waals surface area contributed by atoms with Crippen LogP contribution in [0.2, 0.25) is 10.0 Å². The zero-order valence-corrected chi connectivity index (χ0v) is 23.3. The molecule has 1 saturated heterocycles. The molecule has 1 aliphatic heterocycles. The van der Waals surface area contributed by atoms with Gasteiger partial charge in [0.25, 0.3) is 15.9 Å². The van der Waals surface area contributed by atoms with E-state index in [0.29, 0.717) is 32.4 Å². The van der Waals surface area contributed by atoms with E-state index in [1.165, 1.54) is 49.4 Å². The Labute approximate surface area is 238 Å². The van der Waals surface area contributed by atoms with Gasteiger partial charge in [-0.05, 0) is 48.9 Å². The summed E-state index contributed by atoms with van der Waals surface area (Å²) in [5.74, 6) is -0.335. The third kappa shape index (κ3) is 5.18. The molecule has 210 valence electrons. The second kappa shape index (κ2) is 10.7. The molecule has 0 N–H and O–H groups in total. The predicted molar refractivity (Wildman–Crippen MR) is 144 cm³/mol. The fourth-order valence-corrected chi connectivity index (χ4v) is 6.82. The van der Waals surface area contributed by atoms with Crippen LogP contribution in [0.1, 0.15) is 33.0 Å². The van der Waals surface area contributed by atoms with E-state index < -0.39 is 21.9 Å². The monoisotopic (exact) mass is 611 g/mol. The maximum Gasteiger partial charge on any atom is 0.433 e. The highest BCUT2D eigenvalue weighted by molar-refractivity contribution is 7.90. The highest BCUT2D eigenvalue weighted by Crippen LogP contribution is 2.37. The Balaban J connectivity index is 1.70. The maximum atomic E-state index is 13.9. The van der Waals surface area contributed by atoms with Gasteiger partial charge in [0.05, 0.1) is 34.2 Å². The van der Waals surface area contributed by atoms with E-state index >= 15 is 0 Å². The summed E-state index contributed by atoms with van der Waals surface area (Å²) in [6.07, 6.45) is -4.99.